The van der Waals surface area contributed by atoms with Crippen molar-refractivity contribution < 1.29 is 24.9 Å². The smallest absolute Gasteiger partial charge is 0.333 e. The summed E-state index contributed by atoms with van der Waals surface area (Å²) in [6, 6.07) is 0. The molecule has 1 aliphatic carbocycles. The van der Waals surface area contributed by atoms with Gasteiger partial charge in [0.25, 0.3) is 0 Å². The Balaban J connectivity index is 3.22. The summed E-state index contributed by atoms with van der Waals surface area (Å²) in [5.41, 5.74) is -0.190. The number of aliphatic hydroxyl groups excluding tert-OH is 3. The summed E-state index contributed by atoms with van der Waals surface area (Å²) in [6.45, 7) is 12.7. The van der Waals surface area contributed by atoms with Crippen LogP contribution in [0.1, 0.15) is 13.3 Å². The molecular formula is C16H24O5. The number of carbonyl (C=O) groups is 1. The first-order chi connectivity index (χ1) is 9.73. The molecule has 0 aromatic heterocycles. The molecule has 5 atom stereocenters. The van der Waals surface area contributed by atoms with E-state index in [2.05, 4.69) is 24.5 Å². The number of esters is 1. The average molecular weight is 296 g/mol. The van der Waals surface area contributed by atoms with Crippen LogP contribution in [-0.2, 0) is 9.53 Å². The zero-order valence-electron chi connectivity index (χ0n) is 12.6. The minimum absolute atomic E-state index is 0.0133. The SMILES string of the molecule is C=C[C@]1(C)C[C@@H](O)[C@H](C(=C)C(=O)OC)[C@H](O)[C@@H]1C(=C)CO. The molecule has 118 valence electrons. The Bertz CT molecular complexity index is 456. The molecule has 1 fully saturated rings. The Hall–Kier alpha value is -1.43. The van der Waals surface area contributed by atoms with Crippen molar-refractivity contribution in [2.75, 3.05) is 13.7 Å². The van der Waals surface area contributed by atoms with E-state index in [0.29, 0.717) is 5.57 Å². The van der Waals surface area contributed by atoms with Crippen molar-refractivity contribution in [1.82, 2.24) is 0 Å². The number of aliphatic hydroxyl groups is 3. The van der Waals surface area contributed by atoms with Gasteiger partial charge in [-0.1, -0.05) is 26.2 Å². The standard InChI is InChI=1S/C16H24O5/c1-6-16(4)7-11(18)12(10(3)15(20)21-5)14(19)13(16)9(2)8-17/h6,11-14,17-19H,1-3,7-8H2,4-5H3/t11-,12+,13+,14+,16-/m1/s1. The summed E-state index contributed by atoms with van der Waals surface area (Å²) < 4.78 is 4.61. The molecule has 0 heterocycles. The van der Waals surface area contributed by atoms with Crippen LogP contribution in [0.15, 0.2) is 37.0 Å². The molecule has 0 amide bonds. The lowest BCUT2D eigenvalue weighted by Gasteiger charge is -2.49. The van der Waals surface area contributed by atoms with E-state index in [9.17, 15) is 20.1 Å². The Morgan fingerprint density at radius 3 is 2.43 bits per heavy atom. The van der Waals surface area contributed by atoms with Crippen LogP contribution in [0.4, 0.5) is 0 Å². The summed E-state index contributed by atoms with van der Waals surface area (Å²) in [7, 11) is 1.22. The highest BCUT2D eigenvalue weighted by Crippen LogP contribution is 2.49. The minimum atomic E-state index is -1.11. The van der Waals surface area contributed by atoms with Crippen LogP contribution < -0.4 is 0 Å². The maximum Gasteiger partial charge on any atom is 0.333 e. The minimum Gasteiger partial charge on any atom is -0.466 e. The van der Waals surface area contributed by atoms with E-state index in [-0.39, 0.29) is 18.6 Å². The van der Waals surface area contributed by atoms with Gasteiger partial charge >= 0.3 is 5.97 Å². The largest absolute Gasteiger partial charge is 0.466 e. The van der Waals surface area contributed by atoms with Gasteiger partial charge < -0.3 is 20.1 Å². The molecule has 1 saturated carbocycles. The molecule has 0 aromatic rings. The third kappa shape index (κ3) is 3.10. The third-order valence-corrected chi connectivity index (χ3v) is 4.44. The van der Waals surface area contributed by atoms with Crippen molar-refractivity contribution in [3.05, 3.63) is 37.0 Å². The van der Waals surface area contributed by atoms with Crippen LogP contribution >= 0.6 is 0 Å². The van der Waals surface area contributed by atoms with E-state index in [1.54, 1.807) is 6.08 Å². The molecule has 1 rings (SSSR count). The van der Waals surface area contributed by atoms with E-state index in [4.69, 9.17) is 0 Å². The van der Waals surface area contributed by atoms with Crippen LogP contribution in [0.3, 0.4) is 0 Å². The van der Waals surface area contributed by atoms with Crippen molar-refractivity contribution >= 4 is 5.97 Å². The van der Waals surface area contributed by atoms with Gasteiger partial charge in [-0.3, -0.25) is 0 Å². The summed E-state index contributed by atoms with van der Waals surface area (Å²) in [5.74, 6) is -2.07. The number of ether oxygens (including phenoxy) is 1. The maximum atomic E-state index is 11.6. The summed E-state index contributed by atoms with van der Waals surface area (Å²) in [5, 5.41) is 30.3. The molecule has 5 heteroatoms. The quantitative estimate of drug-likeness (QED) is 0.397. The number of hydrogen-bond donors (Lipinski definition) is 3. The highest BCUT2D eigenvalue weighted by Gasteiger charge is 2.51. The second kappa shape index (κ2) is 6.56. The number of carbonyl (C=O) groups excluding carboxylic acids is 1. The molecule has 3 N–H and O–H groups in total. The fourth-order valence-corrected chi connectivity index (χ4v) is 3.25. The summed E-state index contributed by atoms with van der Waals surface area (Å²) in [4.78, 5) is 11.6. The fourth-order valence-electron chi connectivity index (χ4n) is 3.25. The Morgan fingerprint density at radius 2 is 2.00 bits per heavy atom. The second-order valence-corrected chi connectivity index (χ2v) is 5.81. The van der Waals surface area contributed by atoms with Crippen molar-refractivity contribution in [3.8, 4) is 0 Å². The molecule has 0 radical (unpaired) electrons. The van der Waals surface area contributed by atoms with Gasteiger partial charge in [-0.15, -0.1) is 6.58 Å². The highest BCUT2D eigenvalue weighted by molar-refractivity contribution is 5.88. The summed E-state index contributed by atoms with van der Waals surface area (Å²) >= 11 is 0. The Morgan fingerprint density at radius 1 is 1.43 bits per heavy atom. The lowest BCUT2D eigenvalue weighted by molar-refractivity contribution is -0.140. The first kappa shape index (κ1) is 17.6. The fraction of sp³-hybridized carbons (Fsp3) is 0.562. The van der Waals surface area contributed by atoms with E-state index in [1.807, 2.05) is 6.92 Å². The summed E-state index contributed by atoms with van der Waals surface area (Å²) in [6.07, 6.45) is -0.152. The normalized spacial score (nSPS) is 35.9. The van der Waals surface area contributed by atoms with Gasteiger partial charge in [0, 0.05) is 17.4 Å². The van der Waals surface area contributed by atoms with Gasteiger partial charge in [0.1, 0.15) is 0 Å². The number of allylic oxidation sites excluding steroid dienone is 1. The number of methoxy groups -OCH3 is 1. The molecule has 1 aliphatic rings. The van der Waals surface area contributed by atoms with Crippen molar-refractivity contribution in [3.63, 3.8) is 0 Å². The molecule has 0 saturated heterocycles. The molecule has 0 unspecified atom stereocenters. The molecule has 21 heavy (non-hydrogen) atoms. The van der Waals surface area contributed by atoms with Crippen LogP contribution in [0.25, 0.3) is 0 Å². The number of hydrogen-bond acceptors (Lipinski definition) is 5. The maximum absolute atomic E-state index is 11.6. The van der Waals surface area contributed by atoms with Gasteiger partial charge in [0.15, 0.2) is 0 Å². The first-order valence-electron chi connectivity index (χ1n) is 6.78. The van der Waals surface area contributed by atoms with Gasteiger partial charge in [0.2, 0.25) is 0 Å². The Kier molecular flexibility index (Phi) is 5.50. The Labute approximate surface area is 125 Å². The topological polar surface area (TPSA) is 87.0 Å². The molecule has 0 bridgehead atoms. The third-order valence-electron chi connectivity index (χ3n) is 4.44. The number of rotatable bonds is 5. The predicted octanol–water partition coefficient (Wildman–Crippen LogP) is 0.814. The second-order valence-electron chi connectivity index (χ2n) is 5.81. The monoisotopic (exact) mass is 296 g/mol. The molecule has 0 spiro atoms. The van der Waals surface area contributed by atoms with Crippen molar-refractivity contribution in [2.24, 2.45) is 17.3 Å². The van der Waals surface area contributed by atoms with Crippen molar-refractivity contribution in [2.45, 2.75) is 25.6 Å². The van der Waals surface area contributed by atoms with Crippen LogP contribution in [0, 0.1) is 17.3 Å². The van der Waals surface area contributed by atoms with Gasteiger partial charge in [0.05, 0.1) is 25.9 Å². The van der Waals surface area contributed by atoms with Crippen LogP contribution in [-0.4, -0.2) is 47.2 Å². The van der Waals surface area contributed by atoms with Gasteiger partial charge in [-0.25, -0.2) is 4.79 Å². The molecule has 0 aromatic carbocycles. The first-order valence-corrected chi connectivity index (χ1v) is 6.78. The van der Waals surface area contributed by atoms with E-state index >= 15 is 0 Å². The predicted molar refractivity (Wildman–Crippen MR) is 79.3 cm³/mol. The van der Waals surface area contributed by atoms with E-state index < -0.39 is 35.4 Å². The lowest BCUT2D eigenvalue weighted by Crippen LogP contribution is -2.53. The molecule has 5 nitrogen and oxygen atoms in total. The van der Waals surface area contributed by atoms with E-state index in [1.165, 1.54) is 7.11 Å². The van der Waals surface area contributed by atoms with Crippen molar-refractivity contribution in [1.29, 1.82) is 0 Å². The molecule has 0 aliphatic heterocycles. The highest BCUT2D eigenvalue weighted by atomic mass is 16.5. The van der Waals surface area contributed by atoms with Crippen LogP contribution in [0.2, 0.25) is 0 Å². The lowest BCUT2D eigenvalue weighted by atomic mass is 9.58. The van der Waals surface area contributed by atoms with Gasteiger partial charge in [-0.2, -0.15) is 0 Å². The average Bonchev–Trinajstić information content (AvgIpc) is 2.45. The van der Waals surface area contributed by atoms with Crippen LogP contribution in [0.5, 0.6) is 0 Å². The van der Waals surface area contributed by atoms with E-state index in [0.717, 1.165) is 0 Å². The zero-order valence-corrected chi connectivity index (χ0v) is 12.6. The molecular weight excluding hydrogens is 272 g/mol. The van der Waals surface area contributed by atoms with Gasteiger partial charge in [-0.05, 0) is 17.4 Å². The zero-order chi connectivity index (χ0) is 16.4.